The highest BCUT2D eigenvalue weighted by molar-refractivity contribution is 5.78. The van der Waals surface area contributed by atoms with Gasteiger partial charge in [-0.15, -0.1) is 0 Å². The Kier molecular flexibility index (Phi) is 4.77. The van der Waals surface area contributed by atoms with Crippen LogP contribution in [0.25, 0.3) is 11.5 Å². The summed E-state index contributed by atoms with van der Waals surface area (Å²) in [5.41, 5.74) is 1.44. The monoisotopic (exact) mass is 326 g/mol. The largest absolute Gasteiger partial charge is 0.467 e. The lowest BCUT2D eigenvalue weighted by atomic mass is 10.2. The van der Waals surface area contributed by atoms with Gasteiger partial charge in [-0.1, -0.05) is 18.2 Å². The summed E-state index contributed by atoms with van der Waals surface area (Å²) in [6, 6.07) is 12.9. The standard InChI is InChI=1S/C18H18N2O4/c1-12-14(20-18(24-12)13-6-3-2-4-7-13)10-17(22)19-11-15(21)16-8-5-9-23-16/h2-9,15,21H,10-11H2,1H3,(H,19,22). The van der Waals surface area contributed by atoms with Crippen LogP contribution < -0.4 is 5.32 Å². The first-order chi connectivity index (χ1) is 11.6. The number of carbonyl (C=O) groups excluding carboxylic acids is 1. The molecule has 2 heterocycles. The molecule has 3 rings (SSSR count). The number of rotatable bonds is 6. The maximum atomic E-state index is 12.0. The Balaban J connectivity index is 1.59. The van der Waals surface area contributed by atoms with E-state index in [0.717, 1.165) is 5.56 Å². The molecule has 0 saturated carbocycles. The average Bonchev–Trinajstić information content (AvgIpc) is 3.24. The van der Waals surface area contributed by atoms with Crippen molar-refractivity contribution in [3.63, 3.8) is 0 Å². The molecule has 0 radical (unpaired) electrons. The van der Waals surface area contributed by atoms with E-state index in [1.807, 2.05) is 30.3 Å². The molecule has 6 nitrogen and oxygen atoms in total. The van der Waals surface area contributed by atoms with Gasteiger partial charge in [-0.25, -0.2) is 4.98 Å². The van der Waals surface area contributed by atoms with Crippen molar-refractivity contribution in [2.75, 3.05) is 6.54 Å². The zero-order valence-corrected chi connectivity index (χ0v) is 13.2. The van der Waals surface area contributed by atoms with Crippen molar-refractivity contribution in [2.45, 2.75) is 19.4 Å². The number of benzene rings is 1. The molecule has 0 spiro atoms. The van der Waals surface area contributed by atoms with Crippen LogP contribution in [0.4, 0.5) is 0 Å². The highest BCUT2D eigenvalue weighted by atomic mass is 16.4. The molecule has 1 amide bonds. The molecule has 0 saturated heterocycles. The minimum Gasteiger partial charge on any atom is -0.467 e. The maximum absolute atomic E-state index is 12.0. The normalized spacial score (nSPS) is 12.1. The fourth-order valence-corrected chi connectivity index (χ4v) is 2.30. The van der Waals surface area contributed by atoms with Crippen LogP contribution in [0.1, 0.15) is 23.3 Å². The van der Waals surface area contributed by atoms with E-state index in [0.29, 0.717) is 23.1 Å². The first kappa shape index (κ1) is 16.0. The van der Waals surface area contributed by atoms with Crippen LogP contribution in [0, 0.1) is 6.92 Å². The van der Waals surface area contributed by atoms with Gasteiger partial charge in [0.25, 0.3) is 0 Å². The number of carbonyl (C=O) groups is 1. The maximum Gasteiger partial charge on any atom is 0.226 e. The van der Waals surface area contributed by atoms with Crippen molar-refractivity contribution >= 4 is 5.91 Å². The van der Waals surface area contributed by atoms with E-state index in [9.17, 15) is 9.90 Å². The van der Waals surface area contributed by atoms with Gasteiger partial charge in [0.15, 0.2) is 0 Å². The van der Waals surface area contributed by atoms with E-state index in [4.69, 9.17) is 8.83 Å². The number of hydrogen-bond acceptors (Lipinski definition) is 5. The van der Waals surface area contributed by atoms with Gasteiger partial charge >= 0.3 is 0 Å². The van der Waals surface area contributed by atoms with E-state index in [-0.39, 0.29) is 18.9 Å². The molecule has 2 N–H and O–H groups in total. The van der Waals surface area contributed by atoms with Crippen LogP contribution in [0.2, 0.25) is 0 Å². The molecule has 3 aromatic rings. The topological polar surface area (TPSA) is 88.5 Å². The quantitative estimate of drug-likeness (QED) is 0.727. The third-order valence-corrected chi connectivity index (χ3v) is 3.61. The van der Waals surface area contributed by atoms with Gasteiger partial charge < -0.3 is 19.3 Å². The Morgan fingerprint density at radius 2 is 2.04 bits per heavy atom. The Labute approximate surface area is 139 Å². The first-order valence-corrected chi connectivity index (χ1v) is 7.63. The summed E-state index contributed by atoms with van der Waals surface area (Å²) in [7, 11) is 0. The summed E-state index contributed by atoms with van der Waals surface area (Å²) in [5.74, 6) is 1.28. The van der Waals surface area contributed by atoms with Crippen molar-refractivity contribution in [2.24, 2.45) is 0 Å². The van der Waals surface area contributed by atoms with Gasteiger partial charge in [0, 0.05) is 5.56 Å². The third-order valence-electron chi connectivity index (χ3n) is 3.61. The fraction of sp³-hybridized carbons (Fsp3) is 0.222. The minimum atomic E-state index is -0.873. The van der Waals surface area contributed by atoms with E-state index in [2.05, 4.69) is 10.3 Å². The number of aliphatic hydroxyl groups excluding tert-OH is 1. The SMILES string of the molecule is Cc1oc(-c2ccccc2)nc1CC(=O)NCC(O)c1ccco1. The minimum absolute atomic E-state index is 0.0782. The molecule has 0 aliphatic carbocycles. The van der Waals surface area contributed by atoms with Gasteiger partial charge in [0.1, 0.15) is 17.6 Å². The Bertz CT molecular complexity index is 794. The second-order valence-corrected chi connectivity index (χ2v) is 5.40. The summed E-state index contributed by atoms with van der Waals surface area (Å²) in [4.78, 5) is 16.4. The number of amides is 1. The molecule has 2 aromatic heterocycles. The van der Waals surface area contributed by atoms with E-state index < -0.39 is 6.10 Å². The van der Waals surface area contributed by atoms with Gasteiger partial charge in [-0.2, -0.15) is 0 Å². The molecule has 124 valence electrons. The molecule has 0 bridgehead atoms. The van der Waals surface area contributed by atoms with E-state index in [1.54, 1.807) is 19.1 Å². The summed E-state index contributed by atoms with van der Waals surface area (Å²) < 4.78 is 10.7. The zero-order valence-electron chi connectivity index (χ0n) is 13.2. The lowest BCUT2D eigenvalue weighted by Gasteiger charge is -2.08. The summed E-state index contributed by atoms with van der Waals surface area (Å²) in [5, 5.41) is 12.6. The molecular weight excluding hydrogens is 308 g/mol. The zero-order chi connectivity index (χ0) is 16.9. The van der Waals surface area contributed by atoms with Gasteiger partial charge in [-0.3, -0.25) is 4.79 Å². The predicted octanol–water partition coefficient (Wildman–Crippen LogP) is 2.64. The number of nitrogens with zero attached hydrogens (tertiary/aromatic N) is 1. The van der Waals surface area contributed by atoms with Crippen molar-refractivity contribution < 1.29 is 18.7 Å². The highest BCUT2D eigenvalue weighted by Crippen LogP contribution is 2.21. The number of nitrogens with one attached hydrogen (secondary N) is 1. The first-order valence-electron chi connectivity index (χ1n) is 7.63. The van der Waals surface area contributed by atoms with Crippen LogP contribution in [0.3, 0.4) is 0 Å². The second-order valence-electron chi connectivity index (χ2n) is 5.40. The summed E-state index contributed by atoms with van der Waals surface area (Å²) in [6.45, 7) is 1.86. The number of oxazole rings is 1. The average molecular weight is 326 g/mol. The van der Waals surface area contributed by atoms with Crippen molar-refractivity contribution in [3.05, 3.63) is 65.9 Å². The molecule has 1 atom stereocenters. The molecule has 0 aliphatic rings. The summed E-state index contributed by atoms with van der Waals surface area (Å²) >= 11 is 0. The molecule has 24 heavy (non-hydrogen) atoms. The smallest absolute Gasteiger partial charge is 0.226 e. The number of furan rings is 1. The van der Waals surface area contributed by atoms with Crippen molar-refractivity contribution in [1.82, 2.24) is 10.3 Å². The van der Waals surface area contributed by atoms with Crippen LogP contribution in [-0.2, 0) is 11.2 Å². The summed E-state index contributed by atoms with van der Waals surface area (Å²) in [6.07, 6.45) is 0.694. The molecular formula is C18H18N2O4. The van der Waals surface area contributed by atoms with E-state index >= 15 is 0 Å². The van der Waals surface area contributed by atoms with E-state index in [1.165, 1.54) is 6.26 Å². The molecule has 1 unspecified atom stereocenters. The molecule has 6 heteroatoms. The molecule has 1 aromatic carbocycles. The third kappa shape index (κ3) is 3.72. The number of aromatic nitrogens is 1. The highest BCUT2D eigenvalue weighted by Gasteiger charge is 2.16. The van der Waals surface area contributed by atoms with Crippen LogP contribution in [0.5, 0.6) is 0 Å². The van der Waals surface area contributed by atoms with Crippen molar-refractivity contribution in [1.29, 1.82) is 0 Å². The van der Waals surface area contributed by atoms with Gasteiger partial charge in [0.2, 0.25) is 11.8 Å². The Morgan fingerprint density at radius 1 is 1.25 bits per heavy atom. The Hall–Kier alpha value is -2.86. The van der Waals surface area contributed by atoms with Gasteiger partial charge in [0.05, 0.1) is 24.9 Å². The second kappa shape index (κ2) is 7.14. The lowest BCUT2D eigenvalue weighted by Crippen LogP contribution is -2.29. The van der Waals surface area contributed by atoms with Gasteiger partial charge in [-0.05, 0) is 31.2 Å². The fourth-order valence-electron chi connectivity index (χ4n) is 2.30. The van der Waals surface area contributed by atoms with Crippen LogP contribution in [-0.4, -0.2) is 22.5 Å². The Morgan fingerprint density at radius 3 is 2.75 bits per heavy atom. The van der Waals surface area contributed by atoms with Crippen LogP contribution >= 0.6 is 0 Å². The predicted molar refractivity (Wildman–Crippen MR) is 87.1 cm³/mol. The molecule has 0 fully saturated rings. The number of aliphatic hydroxyl groups is 1. The van der Waals surface area contributed by atoms with Crippen LogP contribution in [0.15, 0.2) is 57.6 Å². The number of aryl methyl sites for hydroxylation is 1. The van der Waals surface area contributed by atoms with Crippen molar-refractivity contribution in [3.8, 4) is 11.5 Å². The molecule has 0 aliphatic heterocycles. The lowest BCUT2D eigenvalue weighted by molar-refractivity contribution is -0.121. The number of hydrogen-bond donors (Lipinski definition) is 2.